The van der Waals surface area contributed by atoms with E-state index in [2.05, 4.69) is 12.1 Å². The average Bonchev–Trinajstić information content (AvgIpc) is 2.29. The fraction of sp³-hybridized carbons (Fsp3) is 0.500. The summed E-state index contributed by atoms with van der Waals surface area (Å²) in [6, 6.07) is 10.3. The molecule has 0 bridgehead atoms. The van der Waals surface area contributed by atoms with Crippen LogP contribution in [0.3, 0.4) is 0 Å². The van der Waals surface area contributed by atoms with E-state index < -0.39 is 0 Å². The summed E-state index contributed by atoms with van der Waals surface area (Å²) in [5.74, 6) is 0.268. The Morgan fingerprint density at radius 2 is 1.88 bits per heavy atom. The lowest BCUT2D eigenvalue weighted by Gasteiger charge is -2.03. The van der Waals surface area contributed by atoms with Gasteiger partial charge in [-0.15, -0.1) is 0 Å². The minimum atomic E-state index is 0.268. The summed E-state index contributed by atoms with van der Waals surface area (Å²) in [5, 5.41) is 0. The SMILES string of the molecule is CC(=O)CCCCOCCc1ccccc1. The fourth-order valence-electron chi connectivity index (χ4n) is 1.51. The quantitative estimate of drug-likeness (QED) is 0.629. The Labute approximate surface area is 97.6 Å². The molecule has 2 heteroatoms. The molecule has 0 aliphatic heterocycles. The second kappa shape index (κ2) is 8.05. The molecule has 0 saturated carbocycles. The summed E-state index contributed by atoms with van der Waals surface area (Å²) in [6.45, 7) is 3.17. The van der Waals surface area contributed by atoms with Crippen molar-refractivity contribution in [2.24, 2.45) is 0 Å². The number of rotatable bonds is 8. The Bertz CT molecular complexity index is 293. The van der Waals surface area contributed by atoms with Crippen LogP contribution in [0.4, 0.5) is 0 Å². The number of Topliss-reactive ketones (excluding diaryl/α,β-unsaturated/α-hetero) is 1. The van der Waals surface area contributed by atoms with Crippen molar-refractivity contribution in [2.75, 3.05) is 13.2 Å². The van der Waals surface area contributed by atoms with Crippen molar-refractivity contribution in [1.29, 1.82) is 0 Å². The van der Waals surface area contributed by atoms with E-state index in [9.17, 15) is 4.79 Å². The minimum Gasteiger partial charge on any atom is -0.381 e. The van der Waals surface area contributed by atoms with Crippen LogP contribution >= 0.6 is 0 Å². The van der Waals surface area contributed by atoms with Crippen molar-refractivity contribution in [3.8, 4) is 0 Å². The lowest BCUT2D eigenvalue weighted by Crippen LogP contribution is -2.01. The van der Waals surface area contributed by atoms with Gasteiger partial charge in [0, 0.05) is 13.0 Å². The van der Waals surface area contributed by atoms with Crippen LogP contribution in [0.2, 0.25) is 0 Å². The van der Waals surface area contributed by atoms with Gasteiger partial charge in [-0.1, -0.05) is 30.3 Å². The van der Waals surface area contributed by atoms with Crippen LogP contribution < -0.4 is 0 Å². The highest BCUT2D eigenvalue weighted by atomic mass is 16.5. The van der Waals surface area contributed by atoms with E-state index in [0.29, 0.717) is 6.42 Å². The number of hydrogen-bond acceptors (Lipinski definition) is 2. The van der Waals surface area contributed by atoms with E-state index in [1.165, 1.54) is 5.56 Å². The first-order valence-corrected chi connectivity index (χ1v) is 5.90. The molecule has 0 amide bonds. The number of carbonyl (C=O) groups is 1. The Morgan fingerprint density at radius 3 is 2.56 bits per heavy atom. The van der Waals surface area contributed by atoms with Crippen molar-refractivity contribution in [3.63, 3.8) is 0 Å². The third kappa shape index (κ3) is 6.36. The molecule has 2 nitrogen and oxygen atoms in total. The highest BCUT2D eigenvalue weighted by molar-refractivity contribution is 5.75. The van der Waals surface area contributed by atoms with E-state index in [4.69, 9.17) is 4.74 Å². The van der Waals surface area contributed by atoms with E-state index >= 15 is 0 Å². The smallest absolute Gasteiger partial charge is 0.129 e. The van der Waals surface area contributed by atoms with Gasteiger partial charge >= 0.3 is 0 Å². The van der Waals surface area contributed by atoms with Crippen LogP contribution in [0.25, 0.3) is 0 Å². The predicted molar refractivity (Wildman–Crippen MR) is 65.5 cm³/mol. The monoisotopic (exact) mass is 220 g/mol. The van der Waals surface area contributed by atoms with Gasteiger partial charge in [-0.2, -0.15) is 0 Å². The Hall–Kier alpha value is -1.15. The number of benzene rings is 1. The molecule has 0 aliphatic rings. The van der Waals surface area contributed by atoms with Gasteiger partial charge in [0.1, 0.15) is 5.78 Å². The summed E-state index contributed by atoms with van der Waals surface area (Å²) >= 11 is 0. The van der Waals surface area contributed by atoms with E-state index in [-0.39, 0.29) is 5.78 Å². The van der Waals surface area contributed by atoms with Crippen molar-refractivity contribution in [2.45, 2.75) is 32.6 Å². The summed E-state index contributed by atoms with van der Waals surface area (Å²) in [4.78, 5) is 10.7. The molecule has 0 heterocycles. The van der Waals surface area contributed by atoms with E-state index in [0.717, 1.165) is 32.5 Å². The van der Waals surface area contributed by atoms with Crippen LogP contribution in [-0.4, -0.2) is 19.0 Å². The van der Waals surface area contributed by atoms with Crippen molar-refractivity contribution in [1.82, 2.24) is 0 Å². The summed E-state index contributed by atoms with van der Waals surface area (Å²) < 4.78 is 5.51. The van der Waals surface area contributed by atoms with Gasteiger partial charge in [0.25, 0.3) is 0 Å². The second-order valence-corrected chi connectivity index (χ2v) is 4.01. The lowest BCUT2D eigenvalue weighted by molar-refractivity contribution is -0.117. The van der Waals surface area contributed by atoms with Gasteiger partial charge in [-0.05, 0) is 31.7 Å². The van der Waals surface area contributed by atoms with Crippen LogP contribution in [0.1, 0.15) is 31.7 Å². The molecular formula is C14H20O2. The number of ether oxygens (including phenoxy) is 1. The molecule has 0 spiro atoms. The van der Waals surface area contributed by atoms with Crippen LogP contribution in [0.5, 0.6) is 0 Å². The topological polar surface area (TPSA) is 26.3 Å². The predicted octanol–water partition coefficient (Wildman–Crippen LogP) is 3.01. The normalized spacial score (nSPS) is 10.3. The molecule has 0 radical (unpaired) electrons. The van der Waals surface area contributed by atoms with Gasteiger partial charge in [-0.3, -0.25) is 0 Å². The van der Waals surface area contributed by atoms with Gasteiger partial charge < -0.3 is 9.53 Å². The molecule has 0 aliphatic carbocycles. The van der Waals surface area contributed by atoms with Crippen molar-refractivity contribution in [3.05, 3.63) is 35.9 Å². The van der Waals surface area contributed by atoms with Crippen LogP contribution in [-0.2, 0) is 16.0 Å². The maximum Gasteiger partial charge on any atom is 0.129 e. The molecule has 0 N–H and O–H groups in total. The first kappa shape index (κ1) is 12.9. The number of unbranched alkanes of at least 4 members (excludes halogenated alkanes) is 1. The average molecular weight is 220 g/mol. The van der Waals surface area contributed by atoms with Gasteiger partial charge in [0.15, 0.2) is 0 Å². The molecule has 16 heavy (non-hydrogen) atoms. The third-order valence-corrected chi connectivity index (χ3v) is 2.45. The Morgan fingerprint density at radius 1 is 1.12 bits per heavy atom. The van der Waals surface area contributed by atoms with Gasteiger partial charge in [0.2, 0.25) is 0 Å². The largest absolute Gasteiger partial charge is 0.381 e. The Balaban J connectivity index is 1.94. The molecule has 1 rings (SSSR count). The van der Waals surface area contributed by atoms with Gasteiger partial charge in [0.05, 0.1) is 6.61 Å². The second-order valence-electron chi connectivity index (χ2n) is 4.01. The number of hydrogen-bond donors (Lipinski definition) is 0. The molecular weight excluding hydrogens is 200 g/mol. The lowest BCUT2D eigenvalue weighted by atomic mass is 10.2. The molecule has 0 aromatic heterocycles. The molecule has 0 unspecified atom stereocenters. The molecule has 0 fully saturated rings. The minimum absolute atomic E-state index is 0.268. The highest BCUT2D eigenvalue weighted by Crippen LogP contribution is 2.01. The van der Waals surface area contributed by atoms with E-state index in [1.54, 1.807) is 6.92 Å². The zero-order valence-electron chi connectivity index (χ0n) is 9.95. The first-order chi connectivity index (χ1) is 7.79. The van der Waals surface area contributed by atoms with E-state index in [1.807, 2.05) is 18.2 Å². The molecule has 0 saturated heterocycles. The standard InChI is InChI=1S/C14H20O2/c1-13(15)7-5-6-11-16-12-10-14-8-3-2-4-9-14/h2-4,8-9H,5-7,10-12H2,1H3. The molecule has 1 aromatic carbocycles. The summed E-state index contributed by atoms with van der Waals surface area (Å²) in [6.07, 6.45) is 3.57. The molecule has 1 aromatic rings. The van der Waals surface area contributed by atoms with Crippen LogP contribution in [0.15, 0.2) is 30.3 Å². The molecule has 0 atom stereocenters. The summed E-state index contributed by atoms with van der Waals surface area (Å²) in [7, 11) is 0. The number of ketones is 1. The maximum atomic E-state index is 10.7. The van der Waals surface area contributed by atoms with Crippen molar-refractivity contribution >= 4 is 5.78 Å². The highest BCUT2D eigenvalue weighted by Gasteiger charge is 1.95. The van der Waals surface area contributed by atoms with Gasteiger partial charge in [-0.25, -0.2) is 0 Å². The maximum absolute atomic E-state index is 10.7. The zero-order valence-corrected chi connectivity index (χ0v) is 9.95. The number of carbonyl (C=O) groups excluding carboxylic acids is 1. The zero-order chi connectivity index (χ0) is 11.6. The Kier molecular flexibility index (Phi) is 6.50. The fourth-order valence-corrected chi connectivity index (χ4v) is 1.51. The van der Waals surface area contributed by atoms with Crippen molar-refractivity contribution < 1.29 is 9.53 Å². The summed E-state index contributed by atoms with van der Waals surface area (Å²) in [5.41, 5.74) is 1.31. The first-order valence-electron chi connectivity index (χ1n) is 5.90. The third-order valence-electron chi connectivity index (χ3n) is 2.45. The molecule has 88 valence electrons. The van der Waals surface area contributed by atoms with Crippen LogP contribution in [0, 0.1) is 0 Å².